The summed E-state index contributed by atoms with van der Waals surface area (Å²) in [5.74, 6) is 0.888. The number of hydrogen-bond donors (Lipinski definition) is 0. The monoisotopic (exact) mass is 297 g/mol. The zero-order valence-electron chi connectivity index (χ0n) is 10.0. The molecule has 3 nitrogen and oxygen atoms in total. The minimum Gasteiger partial charge on any atom is -0.480 e. The first-order valence-corrected chi connectivity index (χ1v) is 6.83. The normalized spacial score (nSPS) is 19.4. The van der Waals surface area contributed by atoms with Crippen molar-refractivity contribution in [2.75, 3.05) is 12.4 Å². The Morgan fingerprint density at radius 3 is 2.94 bits per heavy atom. The van der Waals surface area contributed by atoms with Gasteiger partial charge in [-0.2, -0.15) is 0 Å². The molecule has 0 N–H and O–H groups in total. The van der Waals surface area contributed by atoms with Crippen molar-refractivity contribution in [2.24, 2.45) is 0 Å². The topological polar surface area (TPSA) is 29.5 Å². The number of fused-ring (bicyclic) bond motifs is 1. The molecule has 2 atom stereocenters. The zero-order chi connectivity index (χ0) is 12.4. The molecule has 4 heteroatoms. The Kier molecular flexibility index (Phi) is 3.72. The third kappa shape index (κ3) is 2.46. The van der Waals surface area contributed by atoms with E-state index in [1.807, 2.05) is 38.2 Å². The van der Waals surface area contributed by atoms with E-state index in [9.17, 15) is 4.79 Å². The summed E-state index contributed by atoms with van der Waals surface area (Å²) in [6.07, 6.45) is 0.313. The van der Waals surface area contributed by atoms with Gasteiger partial charge in [0.2, 0.25) is 0 Å². The van der Waals surface area contributed by atoms with Crippen molar-refractivity contribution in [3.63, 3.8) is 0 Å². The van der Waals surface area contributed by atoms with Gasteiger partial charge >= 0.3 is 0 Å². The average Bonchev–Trinajstić information content (AvgIpc) is 2.79. The molecule has 0 saturated carbocycles. The minimum absolute atomic E-state index is 0.0492. The first-order valence-electron chi connectivity index (χ1n) is 5.70. The summed E-state index contributed by atoms with van der Waals surface area (Å²) < 4.78 is 5.68. The number of benzene rings is 1. The second-order valence-electron chi connectivity index (χ2n) is 4.37. The van der Waals surface area contributed by atoms with Gasteiger partial charge < -0.3 is 9.64 Å². The lowest BCUT2D eigenvalue weighted by molar-refractivity contribution is -0.137. The van der Waals surface area contributed by atoms with Gasteiger partial charge in [-0.05, 0) is 18.6 Å². The van der Waals surface area contributed by atoms with Gasteiger partial charge in [-0.15, -0.1) is 0 Å². The molecule has 0 bridgehead atoms. The van der Waals surface area contributed by atoms with Crippen LogP contribution < -0.4 is 4.74 Å². The molecule has 0 spiro atoms. The highest BCUT2D eigenvalue weighted by Crippen LogP contribution is 2.29. The molecule has 1 aromatic rings. The number of para-hydroxylation sites is 1. The van der Waals surface area contributed by atoms with E-state index in [0.717, 1.165) is 16.6 Å². The third-order valence-electron chi connectivity index (χ3n) is 3.15. The molecule has 1 aliphatic rings. The first-order chi connectivity index (χ1) is 8.13. The quantitative estimate of drug-likeness (QED) is 0.801. The molecular weight excluding hydrogens is 282 g/mol. The fraction of sp³-hybridized carbons (Fsp3) is 0.462. The lowest BCUT2D eigenvalue weighted by Gasteiger charge is -2.25. The summed E-state index contributed by atoms with van der Waals surface area (Å²) >= 11 is 3.39. The van der Waals surface area contributed by atoms with Crippen LogP contribution in [0, 0.1) is 0 Å². The van der Waals surface area contributed by atoms with Crippen molar-refractivity contribution >= 4 is 21.8 Å². The van der Waals surface area contributed by atoms with Gasteiger partial charge in [0.25, 0.3) is 5.91 Å². The Hall–Kier alpha value is -1.03. The summed E-state index contributed by atoms with van der Waals surface area (Å²) in [6, 6.07) is 8.00. The van der Waals surface area contributed by atoms with E-state index in [0.29, 0.717) is 6.42 Å². The van der Waals surface area contributed by atoms with E-state index in [1.54, 1.807) is 4.90 Å². The average molecular weight is 298 g/mol. The van der Waals surface area contributed by atoms with Crippen LogP contribution in [-0.4, -0.2) is 35.3 Å². The molecule has 92 valence electrons. The summed E-state index contributed by atoms with van der Waals surface area (Å²) in [7, 11) is 1.82. The highest BCUT2D eigenvalue weighted by Gasteiger charge is 2.32. The van der Waals surface area contributed by atoms with E-state index in [-0.39, 0.29) is 18.1 Å². The number of nitrogens with zero attached hydrogens (tertiary/aromatic N) is 1. The Morgan fingerprint density at radius 1 is 1.59 bits per heavy atom. The Bertz CT molecular complexity index is 397. The van der Waals surface area contributed by atoms with Crippen LogP contribution in [0.1, 0.15) is 12.5 Å². The van der Waals surface area contributed by atoms with Crippen LogP contribution in [0.15, 0.2) is 24.3 Å². The standard InChI is InChI=1S/C13H16BrNO2/c1-9(8-14)15(2)13(16)12-7-10-5-3-4-6-11(10)17-12/h3-6,9,12H,7-8H2,1-2H3. The third-order valence-corrected chi connectivity index (χ3v) is 4.09. The molecule has 0 saturated heterocycles. The van der Waals surface area contributed by atoms with Gasteiger partial charge in [-0.1, -0.05) is 34.1 Å². The summed E-state index contributed by atoms with van der Waals surface area (Å²) in [5.41, 5.74) is 1.12. The number of rotatable bonds is 3. The Labute approximate surface area is 110 Å². The van der Waals surface area contributed by atoms with E-state index >= 15 is 0 Å². The summed E-state index contributed by atoms with van der Waals surface area (Å²) in [6.45, 7) is 2.01. The van der Waals surface area contributed by atoms with Crippen molar-refractivity contribution < 1.29 is 9.53 Å². The summed E-state index contributed by atoms with van der Waals surface area (Å²) in [4.78, 5) is 13.9. The maximum absolute atomic E-state index is 12.2. The highest BCUT2D eigenvalue weighted by atomic mass is 79.9. The van der Waals surface area contributed by atoms with Crippen molar-refractivity contribution in [1.82, 2.24) is 4.90 Å². The molecule has 1 amide bonds. The lowest BCUT2D eigenvalue weighted by atomic mass is 10.1. The van der Waals surface area contributed by atoms with Crippen LogP contribution in [0.25, 0.3) is 0 Å². The maximum atomic E-state index is 12.2. The number of carbonyl (C=O) groups excluding carboxylic acids is 1. The van der Waals surface area contributed by atoms with E-state index < -0.39 is 0 Å². The molecular formula is C13H16BrNO2. The molecule has 0 aliphatic carbocycles. The molecule has 1 aliphatic heterocycles. The number of halogens is 1. The number of alkyl halides is 1. The molecule has 0 aromatic heterocycles. The van der Waals surface area contributed by atoms with Gasteiger partial charge in [0.05, 0.1) is 0 Å². The Morgan fingerprint density at radius 2 is 2.29 bits per heavy atom. The van der Waals surface area contributed by atoms with Gasteiger partial charge in [0.1, 0.15) is 5.75 Å². The highest BCUT2D eigenvalue weighted by molar-refractivity contribution is 9.09. The molecule has 1 heterocycles. The second kappa shape index (κ2) is 5.08. The second-order valence-corrected chi connectivity index (χ2v) is 5.02. The van der Waals surface area contributed by atoms with Crippen molar-refractivity contribution in [3.05, 3.63) is 29.8 Å². The maximum Gasteiger partial charge on any atom is 0.264 e. The number of likely N-dealkylation sites (N-methyl/N-ethyl adjacent to an activating group) is 1. The number of amides is 1. The van der Waals surface area contributed by atoms with Gasteiger partial charge in [-0.3, -0.25) is 4.79 Å². The summed E-state index contributed by atoms with van der Waals surface area (Å²) in [5, 5.41) is 0.773. The minimum atomic E-state index is -0.362. The van der Waals surface area contributed by atoms with Crippen LogP contribution in [0.5, 0.6) is 5.75 Å². The van der Waals surface area contributed by atoms with E-state index in [4.69, 9.17) is 4.74 Å². The lowest BCUT2D eigenvalue weighted by Crippen LogP contribution is -2.44. The van der Waals surface area contributed by atoms with Crippen LogP contribution in [-0.2, 0) is 11.2 Å². The SMILES string of the molecule is CC(CBr)N(C)C(=O)C1Cc2ccccc2O1. The van der Waals surface area contributed by atoms with Crippen molar-refractivity contribution in [1.29, 1.82) is 0 Å². The predicted octanol–water partition coefficient (Wildman–Crippen LogP) is 2.23. The van der Waals surface area contributed by atoms with Crippen molar-refractivity contribution in [3.8, 4) is 5.75 Å². The van der Waals surface area contributed by atoms with Crippen LogP contribution >= 0.6 is 15.9 Å². The number of carbonyl (C=O) groups is 1. The largest absolute Gasteiger partial charge is 0.480 e. The molecule has 0 fully saturated rings. The fourth-order valence-electron chi connectivity index (χ4n) is 1.87. The van der Waals surface area contributed by atoms with E-state index in [2.05, 4.69) is 15.9 Å². The van der Waals surface area contributed by atoms with Gasteiger partial charge in [0, 0.05) is 24.8 Å². The van der Waals surface area contributed by atoms with Gasteiger partial charge in [-0.25, -0.2) is 0 Å². The smallest absolute Gasteiger partial charge is 0.264 e. The van der Waals surface area contributed by atoms with Gasteiger partial charge in [0.15, 0.2) is 6.10 Å². The van der Waals surface area contributed by atoms with Crippen LogP contribution in [0.3, 0.4) is 0 Å². The fourth-order valence-corrected chi connectivity index (χ4v) is 2.30. The number of hydrogen-bond acceptors (Lipinski definition) is 2. The predicted molar refractivity (Wildman–Crippen MR) is 70.6 cm³/mol. The molecule has 0 radical (unpaired) electrons. The van der Waals surface area contributed by atoms with Crippen molar-refractivity contribution in [2.45, 2.75) is 25.5 Å². The number of ether oxygens (including phenoxy) is 1. The molecule has 2 unspecified atom stereocenters. The van der Waals surface area contributed by atoms with E-state index in [1.165, 1.54) is 0 Å². The van der Waals surface area contributed by atoms with Crippen LogP contribution in [0.2, 0.25) is 0 Å². The molecule has 17 heavy (non-hydrogen) atoms. The molecule has 1 aromatic carbocycles. The molecule has 2 rings (SSSR count). The first kappa shape index (κ1) is 12.4. The van der Waals surface area contributed by atoms with Crippen LogP contribution in [0.4, 0.5) is 0 Å². The Balaban J connectivity index is 2.05. The zero-order valence-corrected chi connectivity index (χ0v) is 11.6.